The van der Waals surface area contributed by atoms with Crippen LogP contribution in [0.2, 0.25) is 0 Å². The molecule has 3 atom stereocenters. The summed E-state index contributed by atoms with van der Waals surface area (Å²) in [5, 5.41) is 5.25. The van der Waals surface area contributed by atoms with E-state index in [1.807, 2.05) is 20.2 Å². The van der Waals surface area contributed by atoms with Crippen molar-refractivity contribution in [1.82, 2.24) is 26.2 Å². The molecule has 0 unspecified atom stereocenters. The zero-order valence-corrected chi connectivity index (χ0v) is 16.4. The lowest BCUT2D eigenvalue weighted by atomic mass is 9.67. The van der Waals surface area contributed by atoms with Crippen LogP contribution in [0.4, 0.5) is 13.2 Å². The third-order valence-electron chi connectivity index (χ3n) is 5.36. The molecular formula is C19H26F3N5O. The number of nitrogens with zero attached hydrogens (tertiary/aromatic N) is 2. The Hall–Kier alpha value is -2.26. The fourth-order valence-electron chi connectivity index (χ4n) is 4.16. The molecule has 0 saturated carbocycles. The summed E-state index contributed by atoms with van der Waals surface area (Å²) < 4.78 is 39.0. The number of carbonyl (C=O) groups excluding carboxylic acids is 1. The summed E-state index contributed by atoms with van der Waals surface area (Å²) in [6.45, 7) is 1.99. The molecule has 1 aromatic rings. The van der Waals surface area contributed by atoms with E-state index in [-0.39, 0.29) is 18.0 Å². The number of halogens is 3. The molecule has 0 aliphatic carbocycles. The van der Waals surface area contributed by atoms with Crippen molar-refractivity contribution in [3.63, 3.8) is 0 Å². The van der Waals surface area contributed by atoms with Crippen molar-refractivity contribution in [3.8, 4) is 0 Å². The van der Waals surface area contributed by atoms with Crippen molar-refractivity contribution in [2.75, 3.05) is 21.1 Å². The Bertz CT molecular complexity index is 762. The number of likely N-dealkylation sites (N-methyl/N-ethyl adjacent to an activating group) is 1. The maximum atomic E-state index is 13.3. The first-order valence-electron chi connectivity index (χ1n) is 9.15. The van der Waals surface area contributed by atoms with E-state index < -0.39 is 17.2 Å². The number of hydrogen-bond donors (Lipinski definition) is 3. The van der Waals surface area contributed by atoms with Gasteiger partial charge < -0.3 is 15.6 Å². The number of benzene rings is 1. The number of hydrogen-bond acceptors (Lipinski definition) is 5. The van der Waals surface area contributed by atoms with Gasteiger partial charge in [-0.1, -0.05) is 12.1 Å². The predicted octanol–water partition coefficient (Wildman–Crippen LogP) is 1.97. The van der Waals surface area contributed by atoms with Crippen molar-refractivity contribution in [3.05, 3.63) is 47.3 Å². The minimum absolute atomic E-state index is 0.00134. The van der Waals surface area contributed by atoms with Gasteiger partial charge in [0.2, 0.25) is 5.91 Å². The molecular weight excluding hydrogens is 371 g/mol. The van der Waals surface area contributed by atoms with Gasteiger partial charge in [0.15, 0.2) is 0 Å². The van der Waals surface area contributed by atoms with E-state index in [0.29, 0.717) is 18.4 Å². The fourth-order valence-corrected chi connectivity index (χ4v) is 4.16. The van der Waals surface area contributed by atoms with Crippen LogP contribution in [0.15, 0.2) is 36.2 Å². The van der Waals surface area contributed by atoms with E-state index in [1.165, 1.54) is 17.0 Å². The monoisotopic (exact) mass is 397 g/mol. The summed E-state index contributed by atoms with van der Waals surface area (Å²) in [5.41, 5.74) is 5.91. The van der Waals surface area contributed by atoms with Gasteiger partial charge in [0.05, 0.1) is 22.7 Å². The molecule has 2 heterocycles. The minimum Gasteiger partial charge on any atom is -0.348 e. The molecule has 0 spiro atoms. The molecule has 0 bridgehead atoms. The van der Waals surface area contributed by atoms with Gasteiger partial charge in [0.25, 0.3) is 0 Å². The number of hydrazine groups is 2. The predicted molar refractivity (Wildman–Crippen MR) is 99.6 cm³/mol. The molecule has 154 valence electrons. The van der Waals surface area contributed by atoms with Crippen LogP contribution in [0.5, 0.6) is 0 Å². The summed E-state index contributed by atoms with van der Waals surface area (Å²) in [4.78, 5) is 14.8. The van der Waals surface area contributed by atoms with Crippen LogP contribution in [0.25, 0.3) is 0 Å². The lowest BCUT2D eigenvalue weighted by Crippen LogP contribution is -2.58. The molecule has 0 radical (unpaired) electrons. The summed E-state index contributed by atoms with van der Waals surface area (Å²) in [6.07, 6.45) is -1.57. The van der Waals surface area contributed by atoms with Crippen LogP contribution in [0.3, 0.4) is 0 Å². The van der Waals surface area contributed by atoms with Gasteiger partial charge >= 0.3 is 6.18 Å². The van der Waals surface area contributed by atoms with E-state index in [9.17, 15) is 18.0 Å². The minimum atomic E-state index is -4.41. The molecule has 28 heavy (non-hydrogen) atoms. The molecule has 1 aromatic carbocycles. The zero-order valence-electron chi connectivity index (χ0n) is 16.4. The summed E-state index contributed by atoms with van der Waals surface area (Å²) in [6, 6.07) is 4.86. The van der Waals surface area contributed by atoms with Gasteiger partial charge in [-0.2, -0.15) is 13.2 Å². The van der Waals surface area contributed by atoms with E-state index >= 15 is 0 Å². The first-order chi connectivity index (χ1) is 13.0. The van der Waals surface area contributed by atoms with Crippen molar-refractivity contribution >= 4 is 5.91 Å². The fraction of sp³-hybridized carbons (Fsp3) is 0.526. The van der Waals surface area contributed by atoms with Crippen LogP contribution in [0.1, 0.15) is 30.9 Å². The normalized spacial score (nSPS) is 28.0. The number of alkyl halides is 3. The lowest BCUT2D eigenvalue weighted by molar-refractivity contribution is -0.137. The number of nitrogens with one attached hydrogen (secondary N) is 3. The van der Waals surface area contributed by atoms with Gasteiger partial charge in [-0.05, 0) is 37.5 Å². The van der Waals surface area contributed by atoms with Crippen molar-refractivity contribution < 1.29 is 18.0 Å². The first kappa shape index (κ1) is 20.5. The Balaban J connectivity index is 2.02. The Labute approximate surface area is 162 Å². The van der Waals surface area contributed by atoms with Gasteiger partial charge in [-0.3, -0.25) is 9.80 Å². The highest BCUT2D eigenvalue weighted by Gasteiger charge is 2.48. The van der Waals surface area contributed by atoms with Crippen LogP contribution >= 0.6 is 0 Å². The molecule has 3 N–H and O–H groups in total. The molecule has 3 rings (SSSR count). The van der Waals surface area contributed by atoms with E-state index in [4.69, 9.17) is 0 Å². The molecule has 1 amide bonds. The summed E-state index contributed by atoms with van der Waals surface area (Å²) >= 11 is 0. The Kier molecular flexibility index (Phi) is 5.33. The van der Waals surface area contributed by atoms with E-state index in [0.717, 1.165) is 17.8 Å². The SMILES string of the molecule is C[C@H]1C[C@@](C(=O)N(C)C)(c2ccc(C(F)(F)F)cc2)C[C@@H](C2=CN(C)NN2)N1. The van der Waals surface area contributed by atoms with Gasteiger partial charge in [-0.25, -0.2) is 0 Å². The molecule has 0 aromatic heterocycles. The largest absolute Gasteiger partial charge is 0.416 e. The third-order valence-corrected chi connectivity index (χ3v) is 5.36. The summed E-state index contributed by atoms with van der Waals surface area (Å²) in [7, 11) is 5.21. The highest BCUT2D eigenvalue weighted by Crippen LogP contribution is 2.41. The molecule has 1 fully saturated rings. The number of carbonyl (C=O) groups is 1. The lowest BCUT2D eigenvalue weighted by Gasteiger charge is -2.45. The number of piperidine rings is 1. The van der Waals surface area contributed by atoms with Crippen LogP contribution < -0.4 is 16.3 Å². The number of rotatable bonds is 3. The van der Waals surface area contributed by atoms with Gasteiger partial charge in [0.1, 0.15) is 0 Å². The zero-order chi connectivity index (χ0) is 20.7. The maximum absolute atomic E-state index is 13.3. The Morgan fingerprint density at radius 3 is 2.36 bits per heavy atom. The maximum Gasteiger partial charge on any atom is 0.416 e. The topological polar surface area (TPSA) is 59.6 Å². The molecule has 2 aliphatic heterocycles. The Morgan fingerprint density at radius 2 is 1.86 bits per heavy atom. The van der Waals surface area contributed by atoms with Crippen molar-refractivity contribution in [2.24, 2.45) is 0 Å². The van der Waals surface area contributed by atoms with E-state index in [2.05, 4.69) is 16.3 Å². The highest BCUT2D eigenvalue weighted by molar-refractivity contribution is 5.88. The second kappa shape index (κ2) is 7.29. The molecule has 1 saturated heterocycles. The standard InChI is InChI=1S/C19H26F3N5O/c1-12-9-18(17(28)26(2)3,10-15(23-12)16-11-27(4)25-24-16)13-5-7-14(8-6-13)19(20,21)22/h5-8,11-12,15,23-25H,9-10H2,1-4H3/t12-,15-,18-/m0/s1. The van der Waals surface area contributed by atoms with Crippen molar-refractivity contribution in [1.29, 1.82) is 0 Å². The van der Waals surface area contributed by atoms with Crippen LogP contribution in [0, 0.1) is 0 Å². The van der Waals surface area contributed by atoms with Gasteiger partial charge in [-0.15, -0.1) is 5.53 Å². The average Bonchev–Trinajstić information content (AvgIpc) is 3.06. The average molecular weight is 397 g/mol. The first-order valence-corrected chi connectivity index (χ1v) is 9.15. The molecule has 2 aliphatic rings. The summed E-state index contributed by atoms with van der Waals surface area (Å²) in [5.74, 6) is -0.106. The van der Waals surface area contributed by atoms with Crippen LogP contribution in [-0.4, -0.2) is 49.0 Å². The van der Waals surface area contributed by atoms with Gasteiger partial charge in [0, 0.05) is 33.4 Å². The Morgan fingerprint density at radius 1 is 1.21 bits per heavy atom. The second-order valence-corrected chi connectivity index (χ2v) is 7.82. The highest BCUT2D eigenvalue weighted by atomic mass is 19.4. The smallest absolute Gasteiger partial charge is 0.348 e. The van der Waals surface area contributed by atoms with E-state index in [1.54, 1.807) is 19.1 Å². The van der Waals surface area contributed by atoms with Crippen molar-refractivity contribution in [2.45, 2.75) is 43.4 Å². The molecule has 9 heteroatoms. The third kappa shape index (κ3) is 3.81. The van der Waals surface area contributed by atoms with Crippen LogP contribution in [-0.2, 0) is 16.4 Å². The number of amides is 1. The molecule has 6 nitrogen and oxygen atoms in total. The quantitative estimate of drug-likeness (QED) is 0.728. The second-order valence-electron chi connectivity index (χ2n) is 7.82.